The molecule has 3 aromatic rings. The summed E-state index contributed by atoms with van der Waals surface area (Å²) < 4.78 is 1.03. The van der Waals surface area contributed by atoms with Crippen LogP contribution in [0, 0.1) is 0 Å². The van der Waals surface area contributed by atoms with Gasteiger partial charge in [-0.3, -0.25) is 0 Å². The Morgan fingerprint density at radius 2 is 1.36 bits per heavy atom. The van der Waals surface area contributed by atoms with Gasteiger partial charge in [0, 0.05) is 17.9 Å². The molecule has 0 unspecified atom stereocenters. The highest BCUT2D eigenvalue weighted by Crippen LogP contribution is 2.47. The van der Waals surface area contributed by atoms with Crippen molar-refractivity contribution in [1.29, 1.82) is 0 Å². The molecule has 0 saturated heterocycles. The quantitative estimate of drug-likeness (QED) is 0.514. The number of benzene rings is 3. The second kappa shape index (κ2) is 7.03. The Labute approximate surface area is 158 Å². The fraction of sp³-hybridized carbons (Fsp3) is 0.136. The molecule has 0 fully saturated rings. The predicted molar refractivity (Wildman–Crippen MR) is 113 cm³/mol. The van der Waals surface area contributed by atoms with Crippen molar-refractivity contribution in [2.24, 2.45) is 0 Å². The maximum absolute atomic E-state index is 5.74. The SMILES string of the molecule is CSC(=S)C1c2ccccc2N(Cc2ccccc2)c2ccccc21. The largest absolute Gasteiger partial charge is 0.336 e. The van der Waals surface area contributed by atoms with Crippen LogP contribution in [-0.2, 0) is 6.54 Å². The van der Waals surface area contributed by atoms with Crippen LogP contribution in [0.15, 0.2) is 78.9 Å². The van der Waals surface area contributed by atoms with Crippen LogP contribution >= 0.6 is 24.0 Å². The van der Waals surface area contributed by atoms with E-state index in [9.17, 15) is 0 Å². The van der Waals surface area contributed by atoms with Crippen molar-refractivity contribution in [3.05, 3.63) is 95.6 Å². The predicted octanol–water partition coefficient (Wildman–Crippen LogP) is 6.16. The van der Waals surface area contributed by atoms with Crippen LogP contribution in [0.3, 0.4) is 0 Å². The Balaban J connectivity index is 1.88. The van der Waals surface area contributed by atoms with E-state index in [2.05, 4.69) is 90.0 Å². The summed E-state index contributed by atoms with van der Waals surface area (Å²) in [5, 5.41) is 0. The molecule has 1 aliphatic heterocycles. The molecule has 0 spiro atoms. The molecule has 3 heteroatoms. The third kappa shape index (κ3) is 2.99. The standard InChI is InChI=1S/C22H19NS2/c1-25-22(24)21-17-11-5-7-13-19(17)23(15-16-9-3-2-4-10-16)20-14-8-6-12-18(20)21/h2-14,21H,15H2,1H3. The summed E-state index contributed by atoms with van der Waals surface area (Å²) in [5.41, 5.74) is 6.42. The lowest BCUT2D eigenvalue weighted by molar-refractivity contribution is 0.910. The first-order valence-electron chi connectivity index (χ1n) is 8.36. The molecule has 3 aromatic carbocycles. The molecule has 0 aromatic heterocycles. The van der Waals surface area contributed by atoms with E-state index in [1.165, 1.54) is 28.1 Å². The lowest BCUT2D eigenvalue weighted by atomic mass is 9.86. The highest BCUT2D eigenvalue weighted by molar-refractivity contribution is 8.22. The topological polar surface area (TPSA) is 3.24 Å². The molecule has 0 radical (unpaired) electrons. The van der Waals surface area contributed by atoms with Crippen LogP contribution in [0.1, 0.15) is 22.6 Å². The fourth-order valence-corrected chi connectivity index (χ4v) is 4.30. The molecule has 0 N–H and O–H groups in total. The van der Waals surface area contributed by atoms with E-state index in [0.29, 0.717) is 0 Å². The first kappa shape index (κ1) is 16.4. The van der Waals surface area contributed by atoms with Crippen LogP contribution in [0.4, 0.5) is 11.4 Å². The highest BCUT2D eigenvalue weighted by Gasteiger charge is 2.32. The van der Waals surface area contributed by atoms with Gasteiger partial charge in [-0.25, -0.2) is 0 Å². The monoisotopic (exact) mass is 361 g/mol. The molecule has 0 saturated carbocycles. The van der Waals surface area contributed by atoms with Gasteiger partial charge in [0.05, 0.1) is 10.1 Å². The van der Waals surface area contributed by atoms with E-state index in [4.69, 9.17) is 12.2 Å². The third-order valence-corrected chi connectivity index (χ3v) is 6.07. The second-order valence-corrected chi connectivity index (χ2v) is 7.69. The molecule has 25 heavy (non-hydrogen) atoms. The number of hydrogen-bond acceptors (Lipinski definition) is 3. The zero-order valence-corrected chi connectivity index (χ0v) is 15.7. The summed E-state index contributed by atoms with van der Waals surface area (Å²) in [4.78, 5) is 2.42. The van der Waals surface area contributed by atoms with Crippen molar-refractivity contribution in [1.82, 2.24) is 0 Å². The molecule has 124 valence electrons. The van der Waals surface area contributed by atoms with Gasteiger partial charge in [-0.05, 0) is 35.1 Å². The van der Waals surface area contributed by atoms with Gasteiger partial charge in [-0.2, -0.15) is 0 Å². The number of para-hydroxylation sites is 2. The van der Waals surface area contributed by atoms with Gasteiger partial charge in [-0.15, -0.1) is 11.8 Å². The molecule has 4 rings (SSSR count). The van der Waals surface area contributed by atoms with Crippen molar-refractivity contribution in [3.63, 3.8) is 0 Å². The Bertz CT molecular complexity index is 857. The third-order valence-electron chi connectivity index (χ3n) is 4.70. The van der Waals surface area contributed by atoms with E-state index in [1.807, 2.05) is 0 Å². The van der Waals surface area contributed by atoms with Crippen LogP contribution in [0.2, 0.25) is 0 Å². The number of hydrogen-bond donors (Lipinski definition) is 0. The molecule has 0 amide bonds. The van der Waals surface area contributed by atoms with Crippen molar-refractivity contribution < 1.29 is 0 Å². The van der Waals surface area contributed by atoms with Crippen molar-refractivity contribution in [2.75, 3.05) is 11.2 Å². The molecule has 1 heterocycles. The summed E-state index contributed by atoms with van der Waals surface area (Å²) >= 11 is 7.42. The molecule has 0 aliphatic carbocycles. The van der Waals surface area contributed by atoms with Gasteiger partial charge in [0.1, 0.15) is 0 Å². The number of anilines is 2. The molecule has 1 aliphatic rings. The summed E-state index contributed by atoms with van der Waals surface area (Å²) in [7, 11) is 0. The Morgan fingerprint density at radius 3 is 1.92 bits per heavy atom. The van der Waals surface area contributed by atoms with Gasteiger partial charge in [0.15, 0.2) is 0 Å². The molecule has 0 atom stereocenters. The lowest BCUT2D eigenvalue weighted by Gasteiger charge is -2.37. The first-order valence-corrected chi connectivity index (χ1v) is 10.00. The van der Waals surface area contributed by atoms with Crippen LogP contribution in [0.5, 0.6) is 0 Å². The van der Waals surface area contributed by atoms with E-state index in [0.717, 1.165) is 10.7 Å². The van der Waals surface area contributed by atoms with Gasteiger partial charge >= 0.3 is 0 Å². The van der Waals surface area contributed by atoms with Crippen LogP contribution < -0.4 is 4.90 Å². The van der Waals surface area contributed by atoms with Crippen LogP contribution in [0.25, 0.3) is 0 Å². The smallest absolute Gasteiger partial charge is 0.0596 e. The number of nitrogens with zero attached hydrogens (tertiary/aromatic N) is 1. The van der Waals surface area contributed by atoms with Crippen molar-refractivity contribution >= 4 is 39.6 Å². The lowest BCUT2D eigenvalue weighted by Crippen LogP contribution is -2.27. The summed E-state index contributed by atoms with van der Waals surface area (Å²) in [5.74, 6) is 0.171. The minimum atomic E-state index is 0.171. The van der Waals surface area contributed by atoms with Crippen molar-refractivity contribution in [3.8, 4) is 0 Å². The van der Waals surface area contributed by atoms with Gasteiger partial charge in [0.2, 0.25) is 0 Å². The summed E-state index contributed by atoms with van der Waals surface area (Å²) in [6.45, 7) is 0.855. The molecular weight excluding hydrogens is 342 g/mol. The maximum Gasteiger partial charge on any atom is 0.0596 e. The normalized spacial score (nSPS) is 13.2. The van der Waals surface area contributed by atoms with Crippen LogP contribution in [-0.4, -0.2) is 10.5 Å². The Morgan fingerprint density at radius 1 is 0.840 bits per heavy atom. The van der Waals surface area contributed by atoms with Gasteiger partial charge in [0.25, 0.3) is 0 Å². The minimum absolute atomic E-state index is 0.171. The Hall–Kier alpha value is -2.10. The van der Waals surface area contributed by atoms with Crippen molar-refractivity contribution in [2.45, 2.75) is 12.5 Å². The van der Waals surface area contributed by atoms with E-state index in [-0.39, 0.29) is 5.92 Å². The first-order chi connectivity index (χ1) is 12.3. The number of fused-ring (bicyclic) bond motifs is 2. The average molecular weight is 362 g/mol. The summed E-state index contributed by atoms with van der Waals surface area (Å²) in [6.07, 6.45) is 2.07. The fourth-order valence-electron chi connectivity index (χ4n) is 3.56. The highest BCUT2D eigenvalue weighted by atomic mass is 32.2. The molecular formula is C22H19NS2. The molecule has 0 bridgehead atoms. The van der Waals surface area contributed by atoms with Gasteiger partial charge in [-0.1, -0.05) is 78.9 Å². The average Bonchev–Trinajstić information content (AvgIpc) is 2.68. The Kier molecular flexibility index (Phi) is 4.60. The second-order valence-electron chi connectivity index (χ2n) is 6.15. The molecule has 1 nitrogen and oxygen atoms in total. The number of thioether (sulfide) groups is 1. The number of thiocarbonyl (C=S) groups is 1. The zero-order valence-electron chi connectivity index (χ0n) is 14.1. The maximum atomic E-state index is 5.74. The summed E-state index contributed by atoms with van der Waals surface area (Å²) in [6, 6.07) is 28.0. The zero-order chi connectivity index (χ0) is 17.2. The van der Waals surface area contributed by atoms with E-state index in [1.54, 1.807) is 11.8 Å². The van der Waals surface area contributed by atoms with E-state index < -0.39 is 0 Å². The number of rotatable bonds is 3. The van der Waals surface area contributed by atoms with Gasteiger partial charge < -0.3 is 4.90 Å². The van der Waals surface area contributed by atoms with E-state index >= 15 is 0 Å². The minimum Gasteiger partial charge on any atom is -0.336 e.